The van der Waals surface area contributed by atoms with E-state index < -0.39 is 0 Å². The van der Waals surface area contributed by atoms with Crippen LogP contribution in [-0.4, -0.2) is 21.8 Å². The zero-order valence-electron chi connectivity index (χ0n) is 18.2. The lowest BCUT2D eigenvalue weighted by atomic mass is 9.87. The molecule has 0 atom stereocenters. The summed E-state index contributed by atoms with van der Waals surface area (Å²) < 4.78 is 18.6. The minimum absolute atomic E-state index is 0.137. The van der Waals surface area contributed by atoms with Gasteiger partial charge in [0.25, 0.3) is 5.91 Å². The smallest absolute Gasteiger partial charge is 0.277 e. The third kappa shape index (κ3) is 5.58. The Morgan fingerprint density at radius 1 is 1.10 bits per heavy atom. The third-order valence-corrected chi connectivity index (χ3v) is 5.49. The zero-order valence-corrected chi connectivity index (χ0v) is 18.2. The van der Waals surface area contributed by atoms with Crippen LogP contribution in [0.25, 0.3) is 0 Å². The number of nitrogens with one attached hydrogen (secondary N) is 1. The number of oxazole rings is 1. The molecule has 1 aromatic heterocycles. The average molecular weight is 422 g/mol. The number of hydrogen-bond donors (Lipinski definition) is 1. The van der Waals surface area contributed by atoms with Crippen LogP contribution in [-0.2, 0) is 18.5 Å². The molecular weight excluding hydrogens is 393 g/mol. The first kappa shape index (κ1) is 21.2. The van der Waals surface area contributed by atoms with Crippen LogP contribution >= 0.6 is 0 Å². The van der Waals surface area contributed by atoms with Gasteiger partial charge in [-0.05, 0) is 53.6 Å². The molecule has 0 radical (unpaired) electrons. The van der Waals surface area contributed by atoms with E-state index in [4.69, 9.17) is 4.42 Å². The predicted octanol–water partition coefficient (Wildman–Crippen LogP) is 5.53. The number of carbonyl (C=O) groups excluding carboxylic acids is 1. The monoisotopic (exact) mass is 421 g/mol. The molecule has 1 N–H and O–H groups in total. The number of rotatable bonds is 7. The van der Waals surface area contributed by atoms with Crippen molar-refractivity contribution in [2.45, 2.75) is 58.2 Å². The molecular formula is C25H28FN3O2. The summed E-state index contributed by atoms with van der Waals surface area (Å²) in [5.74, 6) is -0.213. The maximum atomic E-state index is 13.0. The fourth-order valence-electron chi connectivity index (χ4n) is 3.49. The standard InChI is InChI=1S/C25H28FN3O2/c1-25(2,3)18-6-4-17(5-7-18)14-29(21-12-13-21)15-23-28-22(16-31-23)24(30)27-20-10-8-19(26)9-11-20/h4-11,16,21H,12-15H2,1-3H3,(H,27,30). The summed E-state index contributed by atoms with van der Waals surface area (Å²) in [6.07, 6.45) is 3.70. The van der Waals surface area contributed by atoms with Gasteiger partial charge in [0.05, 0.1) is 6.54 Å². The Labute approximate surface area is 182 Å². The second kappa shape index (κ2) is 8.63. The number of hydrogen-bond acceptors (Lipinski definition) is 4. The number of benzene rings is 2. The first-order valence-electron chi connectivity index (χ1n) is 10.6. The summed E-state index contributed by atoms with van der Waals surface area (Å²) in [7, 11) is 0. The Morgan fingerprint density at radius 3 is 2.39 bits per heavy atom. The first-order chi connectivity index (χ1) is 14.8. The fourth-order valence-corrected chi connectivity index (χ4v) is 3.49. The van der Waals surface area contributed by atoms with Crippen molar-refractivity contribution in [2.24, 2.45) is 0 Å². The molecule has 0 bridgehead atoms. The van der Waals surface area contributed by atoms with Crippen LogP contribution in [0, 0.1) is 5.82 Å². The Balaban J connectivity index is 1.39. The van der Waals surface area contributed by atoms with Crippen molar-refractivity contribution in [2.75, 3.05) is 5.32 Å². The van der Waals surface area contributed by atoms with Gasteiger partial charge in [0, 0.05) is 18.3 Å². The number of anilines is 1. The number of halogens is 1. The van der Waals surface area contributed by atoms with Gasteiger partial charge in [-0.25, -0.2) is 9.37 Å². The van der Waals surface area contributed by atoms with Crippen LogP contribution in [0.3, 0.4) is 0 Å². The van der Waals surface area contributed by atoms with Crippen molar-refractivity contribution in [1.82, 2.24) is 9.88 Å². The van der Waals surface area contributed by atoms with E-state index in [1.54, 1.807) is 0 Å². The summed E-state index contributed by atoms with van der Waals surface area (Å²) in [5.41, 5.74) is 3.43. The molecule has 1 saturated carbocycles. The van der Waals surface area contributed by atoms with E-state index in [-0.39, 0.29) is 22.8 Å². The molecule has 0 aliphatic heterocycles. The third-order valence-electron chi connectivity index (χ3n) is 5.49. The SMILES string of the molecule is CC(C)(C)c1ccc(CN(Cc2nc(C(=O)Nc3ccc(F)cc3)co2)C2CC2)cc1. The van der Waals surface area contributed by atoms with Gasteiger partial charge in [0.2, 0.25) is 5.89 Å². The second-order valence-electron chi connectivity index (χ2n) is 9.17. The zero-order chi connectivity index (χ0) is 22.0. The summed E-state index contributed by atoms with van der Waals surface area (Å²) in [5, 5.41) is 2.70. The highest BCUT2D eigenvalue weighted by Gasteiger charge is 2.30. The van der Waals surface area contributed by atoms with E-state index in [0.717, 1.165) is 6.54 Å². The molecule has 0 spiro atoms. The summed E-state index contributed by atoms with van der Waals surface area (Å²) in [6.45, 7) is 8.00. The van der Waals surface area contributed by atoms with Crippen molar-refractivity contribution >= 4 is 11.6 Å². The molecule has 0 unspecified atom stereocenters. The van der Waals surface area contributed by atoms with Crippen molar-refractivity contribution in [3.8, 4) is 0 Å². The fraction of sp³-hybridized carbons (Fsp3) is 0.360. The Bertz CT molecular complexity index is 1030. The number of aromatic nitrogens is 1. The molecule has 2 aromatic carbocycles. The molecule has 1 heterocycles. The molecule has 6 heteroatoms. The molecule has 1 aliphatic carbocycles. The van der Waals surface area contributed by atoms with E-state index in [1.165, 1.54) is 54.5 Å². The lowest BCUT2D eigenvalue weighted by Gasteiger charge is -2.22. The van der Waals surface area contributed by atoms with Crippen molar-refractivity contribution in [3.05, 3.63) is 83.3 Å². The van der Waals surface area contributed by atoms with E-state index in [0.29, 0.717) is 24.2 Å². The van der Waals surface area contributed by atoms with Gasteiger partial charge in [0.1, 0.15) is 12.1 Å². The Kier molecular flexibility index (Phi) is 5.92. The molecule has 162 valence electrons. The second-order valence-corrected chi connectivity index (χ2v) is 9.17. The van der Waals surface area contributed by atoms with E-state index in [9.17, 15) is 9.18 Å². The minimum Gasteiger partial charge on any atom is -0.447 e. The predicted molar refractivity (Wildman–Crippen MR) is 118 cm³/mol. The van der Waals surface area contributed by atoms with Gasteiger partial charge in [-0.3, -0.25) is 9.69 Å². The maximum Gasteiger partial charge on any atom is 0.277 e. The molecule has 1 fully saturated rings. The Morgan fingerprint density at radius 2 is 1.77 bits per heavy atom. The Hall–Kier alpha value is -2.99. The number of carbonyl (C=O) groups is 1. The molecule has 5 nitrogen and oxygen atoms in total. The maximum absolute atomic E-state index is 13.0. The van der Waals surface area contributed by atoms with Crippen LogP contribution < -0.4 is 5.32 Å². The van der Waals surface area contributed by atoms with Crippen molar-refractivity contribution < 1.29 is 13.6 Å². The van der Waals surface area contributed by atoms with Crippen molar-refractivity contribution in [1.29, 1.82) is 0 Å². The van der Waals surface area contributed by atoms with Crippen LogP contribution in [0.4, 0.5) is 10.1 Å². The largest absolute Gasteiger partial charge is 0.447 e. The molecule has 1 aliphatic rings. The van der Waals surface area contributed by atoms with Crippen molar-refractivity contribution in [3.63, 3.8) is 0 Å². The molecule has 31 heavy (non-hydrogen) atoms. The quantitative estimate of drug-likeness (QED) is 0.545. The molecule has 4 rings (SSSR count). The van der Waals surface area contributed by atoms with Gasteiger partial charge < -0.3 is 9.73 Å². The molecule has 0 saturated heterocycles. The minimum atomic E-state index is -0.377. The van der Waals surface area contributed by atoms with Gasteiger partial charge in [0.15, 0.2) is 5.69 Å². The van der Waals surface area contributed by atoms with Gasteiger partial charge in [-0.1, -0.05) is 45.0 Å². The number of amides is 1. The van der Waals surface area contributed by atoms with Crippen LogP contribution in [0.2, 0.25) is 0 Å². The summed E-state index contributed by atoms with van der Waals surface area (Å²) in [6, 6.07) is 14.9. The highest BCUT2D eigenvalue weighted by atomic mass is 19.1. The normalized spacial score (nSPS) is 14.1. The van der Waals surface area contributed by atoms with Crippen LogP contribution in [0.1, 0.15) is 61.1 Å². The summed E-state index contributed by atoms with van der Waals surface area (Å²) >= 11 is 0. The van der Waals surface area contributed by atoms with Gasteiger partial charge in [-0.2, -0.15) is 0 Å². The highest BCUT2D eigenvalue weighted by molar-refractivity contribution is 6.02. The topological polar surface area (TPSA) is 58.4 Å². The first-order valence-corrected chi connectivity index (χ1v) is 10.6. The van der Waals surface area contributed by atoms with Crippen LogP contribution in [0.15, 0.2) is 59.2 Å². The van der Waals surface area contributed by atoms with Gasteiger partial charge in [-0.15, -0.1) is 0 Å². The average Bonchev–Trinajstić information content (AvgIpc) is 3.47. The molecule has 1 amide bonds. The molecule has 3 aromatic rings. The number of nitrogens with zero attached hydrogens (tertiary/aromatic N) is 2. The van der Waals surface area contributed by atoms with Crippen LogP contribution in [0.5, 0.6) is 0 Å². The lowest BCUT2D eigenvalue weighted by molar-refractivity contribution is 0.102. The van der Waals surface area contributed by atoms with Gasteiger partial charge >= 0.3 is 0 Å². The summed E-state index contributed by atoms with van der Waals surface area (Å²) in [4.78, 5) is 19.1. The van der Waals surface area contributed by atoms with E-state index in [2.05, 4.69) is 60.2 Å². The van der Waals surface area contributed by atoms with E-state index >= 15 is 0 Å². The van der Waals surface area contributed by atoms with E-state index in [1.807, 2.05) is 0 Å². The lowest BCUT2D eigenvalue weighted by Crippen LogP contribution is -2.25. The highest BCUT2D eigenvalue weighted by Crippen LogP contribution is 2.30.